The first kappa shape index (κ1) is 17.7. The van der Waals surface area contributed by atoms with Crippen LogP contribution in [0.3, 0.4) is 0 Å². The Kier molecular flexibility index (Phi) is 4.48. The van der Waals surface area contributed by atoms with Crippen LogP contribution in [0.25, 0.3) is 10.9 Å². The number of fused-ring (bicyclic) bond motifs is 3. The molecule has 3 N–H and O–H groups in total. The zero-order valence-corrected chi connectivity index (χ0v) is 16.4. The molecular weight excluding hydrogens is 340 g/mol. The van der Waals surface area contributed by atoms with Crippen molar-refractivity contribution < 1.29 is 19.5 Å². The van der Waals surface area contributed by atoms with Crippen LogP contribution in [0.15, 0.2) is 36.4 Å². The predicted molar refractivity (Wildman–Crippen MR) is 106 cm³/mol. The van der Waals surface area contributed by atoms with E-state index >= 15 is 0 Å². The van der Waals surface area contributed by atoms with Crippen molar-refractivity contribution in [3.05, 3.63) is 53.2 Å². The molecule has 1 aliphatic heterocycles. The lowest BCUT2D eigenvalue weighted by atomic mass is 9.83. The smallest absolute Gasteiger partial charge is 0.160 e. The first-order valence-electron chi connectivity index (χ1n) is 9.32. The highest BCUT2D eigenvalue weighted by atomic mass is 16.5. The highest BCUT2D eigenvalue weighted by molar-refractivity contribution is 5.86. The molecule has 4 rings (SSSR count). The summed E-state index contributed by atoms with van der Waals surface area (Å²) in [4.78, 5) is 3.69. The molecule has 3 aromatic rings. The second-order valence-corrected chi connectivity index (χ2v) is 7.42. The molecule has 0 bridgehead atoms. The summed E-state index contributed by atoms with van der Waals surface area (Å²) in [5.41, 5.74) is 5.07. The molecule has 0 aliphatic carbocycles. The van der Waals surface area contributed by atoms with Gasteiger partial charge in [0.25, 0.3) is 0 Å². The Hall–Kier alpha value is -2.66. The summed E-state index contributed by atoms with van der Waals surface area (Å²) in [6, 6.07) is 12.5. The minimum Gasteiger partial charge on any atom is -0.497 e. The number of methoxy groups -OCH3 is 3. The van der Waals surface area contributed by atoms with Gasteiger partial charge < -0.3 is 24.5 Å². The lowest BCUT2D eigenvalue weighted by Gasteiger charge is -2.32. The Bertz CT molecular complexity index is 979. The second kappa shape index (κ2) is 6.82. The van der Waals surface area contributed by atoms with Gasteiger partial charge in [0.2, 0.25) is 0 Å². The van der Waals surface area contributed by atoms with Crippen LogP contribution in [0.5, 0.6) is 17.2 Å². The summed E-state index contributed by atoms with van der Waals surface area (Å²) >= 11 is 0. The Labute approximate surface area is 159 Å². The van der Waals surface area contributed by atoms with Crippen LogP contribution in [-0.4, -0.2) is 32.9 Å². The standard InChI is InChI=1S/C22H26N2O3/c1-22(13-14-5-8-19(26-3)20(11-14)27-4)21-16(9-10-23-22)17-12-15(25-2)6-7-18(17)24-21/h5-8,11-12,23-24H,9-10,13H2,1-4H3/p+1/t22-/m1/s1. The number of aromatic nitrogens is 1. The van der Waals surface area contributed by atoms with Gasteiger partial charge in [-0.1, -0.05) is 6.07 Å². The fourth-order valence-corrected chi connectivity index (χ4v) is 4.31. The van der Waals surface area contributed by atoms with Gasteiger partial charge in [0.05, 0.1) is 33.6 Å². The van der Waals surface area contributed by atoms with Gasteiger partial charge in [-0.15, -0.1) is 0 Å². The minimum atomic E-state index is -0.0561. The van der Waals surface area contributed by atoms with Gasteiger partial charge in [-0.3, -0.25) is 0 Å². The van der Waals surface area contributed by atoms with E-state index in [9.17, 15) is 0 Å². The van der Waals surface area contributed by atoms with Crippen LogP contribution in [0.2, 0.25) is 0 Å². The van der Waals surface area contributed by atoms with E-state index in [4.69, 9.17) is 14.2 Å². The summed E-state index contributed by atoms with van der Waals surface area (Å²) < 4.78 is 16.3. The largest absolute Gasteiger partial charge is 0.497 e. The summed E-state index contributed by atoms with van der Waals surface area (Å²) in [5.74, 6) is 2.44. The molecule has 0 saturated carbocycles. The molecular formula is C22H27N2O3+. The number of nitrogens with one attached hydrogen (secondary N) is 1. The fourth-order valence-electron chi connectivity index (χ4n) is 4.31. The zero-order valence-electron chi connectivity index (χ0n) is 16.4. The van der Waals surface area contributed by atoms with Gasteiger partial charge in [0, 0.05) is 23.7 Å². The van der Waals surface area contributed by atoms with Crippen molar-refractivity contribution in [1.29, 1.82) is 0 Å². The third kappa shape index (κ3) is 3.02. The first-order chi connectivity index (χ1) is 13.1. The average Bonchev–Trinajstić information content (AvgIpc) is 3.07. The van der Waals surface area contributed by atoms with E-state index in [2.05, 4.69) is 41.5 Å². The van der Waals surface area contributed by atoms with Crippen LogP contribution in [0.4, 0.5) is 0 Å². The quantitative estimate of drug-likeness (QED) is 0.729. The van der Waals surface area contributed by atoms with E-state index in [0.717, 1.165) is 36.6 Å². The highest BCUT2D eigenvalue weighted by Crippen LogP contribution is 2.35. The SMILES string of the molecule is COc1ccc2[nH]c3c(c2c1)CC[NH2+][C@]3(C)Cc1ccc(OC)c(OC)c1. The monoisotopic (exact) mass is 367 g/mol. The van der Waals surface area contributed by atoms with Gasteiger partial charge in [-0.05, 0) is 48.4 Å². The zero-order chi connectivity index (χ0) is 19.0. The topological polar surface area (TPSA) is 60.1 Å². The molecule has 0 spiro atoms. The van der Waals surface area contributed by atoms with Gasteiger partial charge >= 0.3 is 0 Å². The van der Waals surface area contributed by atoms with Crippen LogP contribution in [-0.2, 0) is 18.4 Å². The molecule has 5 nitrogen and oxygen atoms in total. The minimum absolute atomic E-state index is 0.0561. The number of ether oxygens (including phenoxy) is 3. The Morgan fingerprint density at radius 2 is 1.81 bits per heavy atom. The number of aromatic amines is 1. The number of hydrogen-bond donors (Lipinski definition) is 2. The third-order valence-electron chi connectivity index (χ3n) is 5.69. The van der Waals surface area contributed by atoms with Crippen LogP contribution in [0.1, 0.15) is 23.7 Å². The normalized spacial score (nSPS) is 19.0. The average molecular weight is 367 g/mol. The van der Waals surface area contributed by atoms with E-state index in [1.54, 1.807) is 21.3 Å². The molecule has 1 aromatic heterocycles. The maximum Gasteiger partial charge on any atom is 0.160 e. The maximum atomic E-state index is 5.49. The number of benzene rings is 2. The summed E-state index contributed by atoms with van der Waals surface area (Å²) in [6.07, 6.45) is 1.97. The molecule has 0 radical (unpaired) electrons. The first-order valence-corrected chi connectivity index (χ1v) is 9.32. The molecule has 5 heteroatoms. The summed E-state index contributed by atoms with van der Waals surface area (Å²) in [6.45, 7) is 3.38. The lowest BCUT2D eigenvalue weighted by molar-refractivity contribution is -0.736. The molecule has 0 saturated heterocycles. The van der Waals surface area contributed by atoms with Crippen molar-refractivity contribution in [3.8, 4) is 17.2 Å². The van der Waals surface area contributed by atoms with Crippen LogP contribution < -0.4 is 19.5 Å². The molecule has 27 heavy (non-hydrogen) atoms. The van der Waals surface area contributed by atoms with Crippen molar-refractivity contribution in [2.24, 2.45) is 0 Å². The Balaban J connectivity index is 1.74. The molecule has 0 amide bonds. The molecule has 0 fully saturated rings. The molecule has 2 heterocycles. The van der Waals surface area contributed by atoms with E-state index in [1.807, 2.05) is 12.1 Å². The van der Waals surface area contributed by atoms with E-state index in [0.29, 0.717) is 0 Å². The van der Waals surface area contributed by atoms with Crippen molar-refractivity contribution in [1.82, 2.24) is 4.98 Å². The van der Waals surface area contributed by atoms with E-state index in [-0.39, 0.29) is 5.54 Å². The molecule has 1 atom stereocenters. The lowest BCUT2D eigenvalue weighted by Crippen LogP contribution is -2.96. The second-order valence-electron chi connectivity index (χ2n) is 7.42. The molecule has 0 unspecified atom stereocenters. The van der Waals surface area contributed by atoms with E-state index in [1.165, 1.54) is 27.7 Å². The van der Waals surface area contributed by atoms with Gasteiger partial charge in [-0.2, -0.15) is 0 Å². The fraction of sp³-hybridized carbons (Fsp3) is 0.364. The summed E-state index contributed by atoms with van der Waals surface area (Å²) in [7, 11) is 5.06. The maximum absolute atomic E-state index is 5.49. The number of quaternary nitrogens is 1. The van der Waals surface area contributed by atoms with Crippen LogP contribution in [0, 0.1) is 0 Å². The van der Waals surface area contributed by atoms with Crippen molar-refractivity contribution in [2.75, 3.05) is 27.9 Å². The van der Waals surface area contributed by atoms with E-state index < -0.39 is 0 Å². The van der Waals surface area contributed by atoms with Crippen LogP contribution >= 0.6 is 0 Å². The van der Waals surface area contributed by atoms with Gasteiger partial charge in [0.1, 0.15) is 11.3 Å². The highest BCUT2D eigenvalue weighted by Gasteiger charge is 2.38. The Morgan fingerprint density at radius 1 is 1.00 bits per heavy atom. The van der Waals surface area contributed by atoms with Gasteiger partial charge in [0.15, 0.2) is 11.5 Å². The number of rotatable bonds is 5. The third-order valence-corrected chi connectivity index (χ3v) is 5.69. The van der Waals surface area contributed by atoms with Crippen molar-refractivity contribution >= 4 is 10.9 Å². The number of H-pyrrole nitrogens is 1. The number of nitrogens with two attached hydrogens (primary N) is 1. The van der Waals surface area contributed by atoms with Crippen molar-refractivity contribution in [3.63, 3.8) is 0 Å². The van der Waals surface area contributed by atoms with Crippen molar-refractivity contribution in [2.45, 2.75) is 25.3 Å². The molecule has 1 aliphatic rings. The Morgan fingerprint density at radius 3 is 2.56 bits per heavy atom. The predicted octanol–water partition coefficient (Wildman–Crippen LogP) is 2.77. The summed E-state index contributed by atoms with van der Waals surface area (Å²) in [5, 5.41) is 3.72. The number of hydrogen-bond acceptors (Lipinski definition) is 3. The molecule has 142 valence electrons. The molecule has 2 aromatic carbocycles. The van der Waals surface area contributed by atoms with Gasteiger partial charge in [-0.25, -0.2) is 0 Å².